The maximum absolute atomic E-state index is 5.35. The van der Waals surface area contributed by atoms with Crippen LogP contribution in [0.2, 0.25) is 0 Å². The number of thiazole rings is 1. The Balaban J connectivity index is 2.41. The maximum Gasteiger partial charge on any atom is 0.197 e. The zero-order valence-electron chi connectivity index (χ0n) is 8.00. The number of rotatable bonds is 1. The molecule has 0 amide bonds. The Hall–Kier alpha value is -0.610. The molecule has 2 unspecified atom stereocenters. The molecule has 2 rings (SSSR count). The number of aromatic nitrogens is 1. The van der Waals surface area contributed by atoms with Gasteiger partial charge >= 0.3 is 0 Å². The van der Waals surface area contributed by atoms with Crippen molar-refractivity contribution < 1.29 is 0 Å². The van der Waals surface area contributed by atoms with Gasteiger partial charge in [-0.3, -0.25) is 5.43 Å². The minimum absolute atomic E-state index is 0.601. The van der Waals surface area contributed by atoms with E-state index in [2.05, 4.69) is 24.3 Å². The fourth-order valence-electron chi connectivity index (χ4n) is 1.88. The van der Waals surface area contributed by atoms with E-state index in [0.29, 0.717) is 11.8 Å². The van der Waals surface area contributed by atoms with Crippen LogP contribution >= 0.6 is 11.3 Å². The molecule has 0 bridgehead atoms. The second kappa shape index (κ2) is 3.27. The Kier molecular flexibility index (Phi) is 2.26. The molecule has 1 aliphatic rings. The predicted octanol–water partition coefficient (Wildman–Crippen LogP) is 2.43. The number of nitrogens with two attached hydrogens (primary N) is 1. The molecule has 1 heterocycles. The molecule has 0 aromatic carbocycles. The van der Waals surface area contributed by atoms with E-state index in [-0.39, 0.29) is 0 Å². The van der Waals surface area contributed by atoms with Crippen LogP contribution in [0.3, 0.4) is 0 Å². The summed E-state index contributed by atoms with van der Waals surface area (Å²) in [5.41, 5.74) is 3.89. The van der Waals surface area contributed by atoms with Gasteiger partial charge in [0.25, 0.3) is 0 Å². The smallest absolute Gasteiger partial charge is 0.197 e. The minimum atomic E-state index is 0.601. The summed E-state index contributed by atoms with van der Waals surface area (Å²) in [6.45, 7) is 4.51. The lowest BCUT2D eigenvalue weighted by atomic mass is 9.86. The van der Waals surface area contributed by atoms with E-state index >= 15 is 0 Å². The lowest BCUT2D eigenvalue weighted by Crippen LogP contribution is -2.09. The van der Waals surface area contributed by atoms with Gasteiger partial charge in [0.15, 0.2) is 5.13 Å². The van der Waals surface area contributed by atoms with Gasteiger partial charge in [0.2, 0.25) is 0 Å². The van der Waals surface area contributed by atoms with Gasteiger partial charge < -0.3 is 0 Å². The average molecular weight is 197 g/mol. The SMILES string of the molecule is CC1CCC(C)c2sc(NN)nc21. The van der Waals surface area contributed by atoms with Crippen molar-refractivity contribution in [1.82, 2.24) is 4.98 Å². The van der Waals surface area contributed by atoms with Crippen LogP contribution in [0.15, 0.2) is 0 Å². The molecule has 0 radical (unpaired) electrons. The van der Waals surface area contributed by atoms with E-state index in [9.17, 15) is 0 Å². The molecule has 1 aromatic heterocycles. The number of hydrazine groups is 1. The van der Waals surface area contributed by atoms with Crippen molar-refractivity contribution in [3.63, 3.8) is 0 Å². The molecule has 0 saturated heterocycles. The third-order valence-corrected chi connectivity index (χ3v) is 3.99. The van der Waals surface area contributed by atoms with Crippen molar-refractivity contribution in [2.45, 2.75) is 38.5 Å². The fraction of sp³-hybridized carbons (Fsp3) is 0.667. The number of nitrogens with one attached hydrogen (secondary N) is 1. The van der Waals surface area contributed by atoms with Crippen LogP contribution in [-0.4, -0.2) is 4.98 Å². The Morgan fingerprint density at radius 3 is 2.69 bits per heavy atom. The van der Waals surface area contributed by atoms with Crippen molar-refractivity contribution in [2.24, 2.45) is 5.84 Å². The standard InChI is InChI=1S/C9H15N3S/c1-5-3-4-6(2)8-7(5)11-9(12-10)13-8/h5-6H,3-4,10H2,1-2H3,(H,11,12). The monoisotopic (exact) mass is 197 g/mol. The molecule has 3 nitrogen and oxygen atoms in total. The van der Waals surface area contributed by atoms with Crippen molar-refractivity contribution in [3.05, 3.63) is 10.6 Å². The summed E-state index contributed by atoms with van der Waals surface area (Å²) in [6, 6.07) is 0. The highest BCUT2D eigenvalue weighted by Gasteiger charge is 2.25. The molecule has 0 saturated carbocycles. The highest BCUT2D eigenvalue weighted by Crippen LogP contribution is 2.42. The van der Waals surface area contributed by atoms with Gasteiger partial charge in [-0.2, -0.15) is 0 Å². The highest BCUT2D eigenvalue weighted by molar-refractivity contribution is 7.15. The number of nitrogens with zero attached hydrogens (tertiary/aromatic N) is 1. The quantitative estimate of drug-likeness (QED) is 0.537. The summed E-state index contributed by atoms with van der Waals surface area (Å²) in [4.78, 5) is 5.91. The molecule has 1 aliphatic carbocycles. The largest absolute Gasteiger partial charge is 0.300 e. The summed E-state index contributed by atoms with van der Waals surface area (Å²) in [5, 5.41) is 0.852. The van der Waals surface area contributed by atoms with Crippen LogP contribution in [0, 0.1) is 0 Å². The van der Waals surface area contributed by atoms with Crippen LogP contribution in [0.1, 0.15) is 49.1 Å². The van der Waals surface area contributed by atoms with Crippen molar-refractivity contribution >= 4 is 16.5 Å². The fourth-order valence-corrected chi connectivity index (χ4v) is 2.96. The molecule has 3 N–H and O–H groups in total. The van der Waals surface area contributed by atoms with Crippen LogP contribution in [-0.2, 0) is 0 Å². The zero-order chi connectivity index (χ0) is 9.42. The zero-order valence-corrected chi connectivity index (χ0v) is 8.82. The molecular formula is C9H15N3S. The van der Waals surface area contributed by atoms with E-state index in [1.54, 1.807) is 11.3 Å². The lowest BCUT2D eigenvalue weighted by Gasteiger charge is -2.21. The lowest BCUT2D eigenvalue weighted by molar-refractivity contribution is 0.526. The Labute approximate surface area is 82.3 Å². The van der Waals surface area contributed by atoms with Gasteiger partial charge in [-0.1, -0.05) is 13.8 Å². The molecule has 1 aromatic rings. The van der Waals surface area contributed by atoms with Gasteiger partial charge in [-0.05, 0) is 24.7 Å². The first-order valence-electron chi connectivity index (χ1n) is 4.69. The van der Waals surface area contributed by atoms with Gasteiger partial charge in [-0.15, -0.1) is 11.3 Å². The van der Waals surface area contributed by atoms with Crippen molar-refractivity contribution in [2.75, 3.05) is 5.43 Å². The van der Waals surface area contributed by atoms with Gasteiger partial charge in [0.1, 0.15) is 0 Å². The average Bonchev–Trinajstić information content (AvgIpc) is 2.56. The molecule has 0 fully saturated rings. The van der Waals surface area contributed by atoms with Crippen LogP contribution < -0.4 is 11.3 Å². The van der Waals surface area contributed by atoms with E-state index in [1.807, 2.05) is 0 Å². The molecule has 2 atom stereocenters. The third-order valence-electron chi connectivity index (χ3n) is 2.75. The summed E-state index contributed by atoms with van der Waals surface area (Å²) in [7, 11) is 0. The molecule has 0 spiro atoms. The first kappa shape index (κ1) is 8.97. The highest BCUT2D eigenvalue weighted by atomic mass is 32.1. The van der Waals surface area contributed by atoms with Crippen LogP contribution in [0.4, 0.5) is 5.13 Å². The maximum atomic E-state index is 5.35. The molecule has 4 heteroatoms. The number of nitrogen functional groups attached to an aromatic ring is 1. The molecule has 0 aliphatic heterocycles. The van der Waals surface area contributed by atoms with E-state index in [0.717, 1.165) is 5.13 Å². The molecular weight excluding hydrogens is 182 g/mol. The summed E-state index contributed by atoms with van der Waals surface area (Å²) in [6.07, 6.45) is 2.53. The first-order chi connectivity index (χ1) is 6.22. The minimum Gasteiger partial charge on any atom is -0.300 e. The second-order valence-electron chi connectivity index (χ2n) is 3.79. The van der Waals surface area contributed by atoms with E-state index in [1.165, 1.54) is 23.4 Å². The normalized spacial score (nSPS) is 27.0. The van der Waals surface area contributed by atoms with Gasteiger partial charge in [-0.25, -0.2) is 10.8 Å². The first-order valence-corrected chi connectivity index (χ1v) is 5.51. The van der Waals surface area contributed by atoms with Crippen molar-refractivity contribution in [3.8, 4) is 0 Å². The number of hydrogen-bond donors (Lipinski definition) is 2. The topological polar surface area (TPSA) is 50.9 Å². The van der Waals surface area contributed by atoms with Crippen molar-refractivity contribution in [1.29, 1.82) is 0 Å². The van der Waals surface area contributed by atoms with E-state index < -0.39 is 0 Å². The third kappa shape index (κ3) is 1.44. The number of anilines is 1. The Morgan fingerprint density at radius 2 is 2.08 bits per heavy atom. The number of fused-ring (bicyclic) bond motifs is 1. The number of hydrogen-bond acceptors (Lipinski definition) is 4. The van der Waals surface area contributed by atoms with Crippen LogP contribution in [0.25, 0.3) is 0 Å². The summed E-state index contributed by atoms with van der Waals surface area (Å²) in [5.74, 6) is 6.61. The molecule has 72 valence electrons. The van der Waals surface area contributed by atoms with E-state index in [4.69, 9.17) is 5.84 Å². The van der Waals surface area contributed by atoms with Gasteiger partial charge in [0.05, 0.1) is 5.69 Å². The van der Waals surface area contributed by atoms with Crippen LogP contribution in [0.5, 0.6) is 0 Å². The second-order valence-corrected chi connectivity index (χ2v) is 4.82. The summed E-state index contributed by atoms with van der Waals surface area (Å²) >= 11 is 1.70. The summed E-state index contributed by atoms with van der Waals surface area (Å²) < 4.78 is 0. The molecule has 13 heavy (non-hydrogen) atoms. The Morgan fingerprint density at radius 1 is 1.38 bits per heavy atom. The Bertz CT molecular complexity index is 280. The van der Waals surface area contributed by atoms with Gasteiger partial charge in [0, 0.05) is 4.88 Å². The predicted molar refractivity (Wildman–Crippen MR) is 56.0 cm³/mol.